The molecule has 6 heteroatoms. The summed E-state index contributed by atoms with van der Waals surface area (Å²) in [7, 11) is 0.728. The standard InChI is InChI=1S/C15H20BClO4/c1-9-7-8-10(12(17)11(9)13(18)19-6)16-20-14(2,3)15(4,5)21-16/h7-8H,1-6H3. The fourth-order valence-corrected chi connectivity index (χ4v) is 2.57. The van der Waals surface area contributed by atoms with Gasteiger partial charge in [0.05, 0.1) is 28.9 Å². The molecule has 1 heterocycles. The van der Waals surface area contributed by atoms with Crippen molar-refractivity contribution in [3.63, 3.8) is 0 Å². The van der Waals surface area contributed by atoms with Crippen LogP contribution in [0.25, 0.3) is 0 Å². The summed E-state index contributed by atoms with van der Waals surface area (Å²) in [6.45, 7) is 9.69. The molecule has 1 saturated heterocycles. The van der Waals surface area contributed by atoms with Gasteiger partial charge in [0.25, 0.3) is 0 Å². The monoisotopic (exact) mass is 310 g/mol. The van der Waals surface area contributed by atoms with Crippen molar-refractivity contribution >= 4 is 30.2 Å². The molecule has 1 fully saturated rings. The second-order valence-corrected chi connectivity index (χ2v) is 6.62. The SMILES string of the molecule is COC(=O)c1c(C)ccc(B2OC(C)(C)C(C)(C)O2)c1Cl. The first-order chi connectivity index (χ1) is 9.60. The van der Waals surface area contributed by atoms with E-state index in [1.54, 1.807) is 0 Å². The third-order valence-electron chi connectivity index (χ3n) is 4.28. The van der Waals surface area contributed by atoms with Gasteiger partial charge in [-0.25, -0.2) is 4.79 Å². The lowest BCUT2D eigenvalue weighted by Crippen LogP contribution is -2.41. The van der Waals surface area contributed by atoms with Gasteiger partial charge in [0, 0.05) is 5.46 Å². The van der Waals surface area contributed by atoms with Crippen LogP contribution in [0.3, 0.4) is 0 Å². The maximum absolute atomic E-state index is 11.9. The number of carbonyl (C=O) groups is 1. The third kappa shape index (κ3) is 2.70. The predicted octanol–water partition coefficient (Wildman–Crippen LogP) is 2.73. The molecule has 1 aromatic rings. The minimum atomic E-state index is -0.605. The highest BCUT2D eigenvalue weighted by atomic mass is 35.5. The molecule has 0 amide bonds. The normalized spacial score (nSPS) is 19.7. The Morgan fingerprint density at radius 1 is 1.19 bits per heavy atom. The summed E-state index contributed by atoms with van der Waals surface area (Å²) < 4.78 is 16.8. The topological polar surface area (TPSA) is 44.8 Å². The van der Waals surface area contributed by atoms with Crippen LogP contribution in [0.1, 0.15) is 43.6 Å². The van der Waals surface area contributed by atoms with Gasteiger partial charge in [-0.1, -0.05) is 23.7 Å². The molecular formula is C15H20BClO4. The lowest BCUT2D eigenvalue weighted by atomic mass is 9.77. The Hall–Kier alpha value is -1.04. The minimum Gasteiger partial charge on any atom is -0.465 e. The molecule has 114 valence electrons. The lowest BCUT2D eigenvalue weighted by Gasteiger charge is -2.32. The van der Waals surface area contributed by atoms with Crippen LogP contribution >= 0.6 is 11.6 Å². The summed E-state index contributed by atoms with van der Waals surface area (Å²) in [5.41, 5.74) is 0.828. The Bertz CT molecular complexity index is 567. The van der Waals surface area contributed by atoms with E-state index in [1.807, 2.05) is 46.8 Å². The number of esters is 1. The zero-order valence-electron chi connectivity index (χ0n) is 13.2. The minimum absolute atomic E-state index is 0.320. The molecular weight excluding hydrogens is 290 g/mol. The summed E-state index contributed by atoms with van der Waals surface area (Å²) in [4.78, 5) is 11.9. The average Bonchev–Trinajstić information content (AvgIpc) is 2.57. The number of aryl methyl sites for hydroxylation is 1. The van der Waals surface area contributed by atoms with Crippen LogP contribution in [-0.2, 0) is 14.0 Å². The van der Waals surface area contributed by atoms with E-state index in [0.717, 1.165) is 5.56 Å². The van der Waals surface area contributed by atoms with Crippen LogP contribution in [0.4, 0.5) is 0 Å². The second-order valence-electron chi connectivity index (χ2n) is 6.24. The number of ether oxygens (including phenoxy) is 1. The molecule has 0 bridgehead atoms. The van der Waals surface area contributed by atoms with Gasteiger partial charge in [0.15, 0.2) is 0 Å². The van der Waals surface area contributed by atoms with Crippen molar-refractivity contribution in [2.24, 2.45) is 0 Å². The molecule has 0 N–H and O–H groups in total. The Kier molecular flexibility index (Phi) is 4.13. The molecule has 2 rings (SSSR count). The summed E-state index contributed by atoms with van der Waals surface area (Å²) in [6, 6.07) is 3.64. The van der Waals surface area contributed by atoms with Crippen LogP contribution in [0.15, 0.2) is 12.1 Å². The summed E-state index contributed by atoms with van der Waals surface area (Å²) in [6.07, 6.45) is 0. The fourth-order valence-electron chi connectivity index (χ4n) is 2.19. The van der Waals surface area contributed by atoms with Crippen molar-refractivity contribution in [1.29, 1.82) is 0 Å². The molecule has 0 radical (unpaired) electrons. The Balaban J connectivity index is 2.46. The first-order valence-corrected chi connectivity index (χ1v) is 7.21. The second kappa shape index (κ2) is 5.31. The third-order valence-corrected chi connectivity index (χ3v) is 4.68. The molecule has 0 saturated carbocycles. The van der Waals surface area contributed by atoms with Crippen molar-refractivity contribution in [2.75, 3.05) is 7.11 Å². The summed E-state index contributed by atoms with van der Waals surface area (Å²) in [5, 5.41) is 0.320. The van der Waals surface area contributed by atoms with Crippen LogP contribution in [0, 0.1) is 6.92 Å². The van der Waals surface area contributed by atoms with Crippen LogP contribution in [-0.4, -0.2) is 31.4 Å². The van der Waals surface area contributed by atoms with E-state index in [2.05, 4.69) is 0 Å². The van der Waals surface area contributed by atoms with Crippen molar-refractivity contribution in [3.05, 3.63) is 28.3 Å². The highest BCUT2D eigenvalue weighted by Crippen LogP contribution is 2.37. The van der Waals surface area contributed by atoms with Crippen LogP contribution < -0.4 is 5.46 Å². The van der Waals surface area contributed by atoms with Crippen LogP contribution in [0.5, 0.6) is 0 Å². The van der Waals surface area contributed by atoms with Crippen molar-refractivity contribution < 1.29 is 18.8 Å². The van der Waals surface area contributed by atoms with Crippen molar-refractivity contribution in [1.82, 2.24) is 0 Å². The lowest BCUT2D eigenvalue weighted by molar-refractivity contribution is 0.00578. The van der Waals surface area contributed by atoms with E-state index in [0.29, 0.717) is 16.0 Å². The van der Waals surface area contributed by atoms with Gasteiger partial charge in [0.2, 0.25) is 0 Å². The zero-order chi connectivity index (χ0) is 16.0. The molecule has 21 heavy (non-hydrogen) atoms. The number of hydrogen-bond donors (Lipinski definition) is 0. The molecule has 1 aliphatic rings. The molecule has 1 aromatic carbocycles. The zero-order valence-corrected chi connectivity index (χ0v) is 14.0. The fraction of sp³-hybridized carbons (Fsp3) is 0.533. The molecule has 1 aliphatic heterocycles. The molecule has 0 unspecified atom stereocenters. The van der Waals surface area contributed by atoms with Gasteiger partial charge in [-0.2, -0.15) is 0 Å². The Morgan fingerprint density at radius 3 is 2.19 bits per heavy atom. The van der Waals surface area contributed by atoms with E-state index in [1.165, 1.54) is 7.11 Å². The maximum atomic E-state index is 11.9. The van der Waals surface area contributed by atoms with Crippen LogP contribution in [0.2, 0.25) is 5.02 Å². The number of halogens is 1. The van der Waals surface area contributed by atoms with E-state index >= 15 is 0 Å². The summed E-state index contributed by atoms with van der Waals surface area (Å²) >= 11 is 6.39. The van der Waals surface area contributed by atoms with E-state index in [9.17, 15) is 4.79 Å². The van der Waals surface area contributed by atoms with Crippen molar-refractivity contribution in [2.45, 2.75) is 45.8 Å². The maximum Gasteiger partial charge on any atom is 0.496 e. The first-order valence-electron chi connectivity index (χ1n) is 6.83. The van der Waals surface area contributed by atoms with E-state index in [4.69, 9.17) is 25.6 Å². The Labute approximate surface area is 130 Å². The number of benzene rings is 1. The van der Waals surface area contributed by atoms with E-state index < -0.39 is 24.3 Å². The molecule has 0 atom stereocenters. The van der Waals surface area contributed by atoms with Gasteiger partial charge in [0.1, 0.15) is 0 Å². The van der Waals surface area contributed by atoms with Gasteiger partial charge < -0.3 is 14.0 Å². The molecule has 0 aromatic heterocycles. The Morgan fingerprint density at radius 2 is 1.71 bits per heavy atom. The smallest absolute Gasteiger partial charge is 0.465 e. The van der Waals surface area contributed by atoms with Gasteiger partial charge in [-0.3, -0.25) is 0 Å². The van der Waals surface area contributed by atoms with Gasteiger partial charge >= 0.3 is 13.1 Å². The van der Waals surface area contributed by atoms with Gasteiger partial charge in [-0.15, -0.1) is 0 Å². The van der Waals surface area contributed by atoms with Crippen molar-refractivity contribution in [3.8, 4) is 0 Å². The van der Waals surface area contributed by atoms with Gasteiger partial charge in [-0.05, 0) is 40.2 Å². The highest BCUT2D eigenvalue weighted by molar-refractivity contribution is 6.66. The number of carbonyl (C=O) groups excluding carboxylic acids is 1. The first kappa shape index (κ1) is 16.3. The quantitative estimate of drug-likeness (QED) is 0.622. The highest BCUT2D eigenvalue weighted by Gasteiger charge is 2.52. The molecule has 0 aliphatic carbocycles. The predicted molar refractivity (Wildman–Crippen MR) is 83.2 cm³/mol. The number of hydrogen-bond acceptors (Lipinski definition) is 4. The average molecular weight is 311 g/mol. The summed E-state index contributed by atoms with van der Waals surface area (Å²) in [5.74, 6) is -0.462. The molecule has 4 nitrogen and oxygen atoms in total. The number of methoxy groups -OCH3 is 1. The van der Waals surface area contributed by atoms with E-state index in [-0.39, 0.29) is 0 Å². The largest absolute Gasteiger partial charge is 0.496 e. The number of rotatable bonds is 2. The molecule has 0 spiro atoms.